The third-order valence-electron chi connectivity index (χ3n) is 3.93. The first-order chi connectivity index (χ1) is 11.7. The van der Waals surface area contributed by atoms with Gasteiger partial charge in [-0.05, 0) is 24.6 Å². The third-order valence-corrected chi connectivity index (χ3v) is 3.93. The van der Waals surface area contributed by atoms with Crippen LogP contribution in [-0.2, 0) is 9.53 Å². The zero-order valence-corrected chi connectivity index (χ0v) is 13.9. The lowest BCUT2D eigenvalue weighted by molar-refractivity contribution is -0.119. The summed E-state index contributed by atoms with van der Waals surface area (Å²) in [7, 11) is 1.62. The first kappa shape index (κ1) is 17.9. The number of amides is 3. The highest BCUT2D eigenvalue weighted by Gasteiger charge is 2.21. The lowest BCUT2D eigenvalue weighted by Crippen LogP contribution is -2.48. The second-order valence-electron chi connectivity index (χ2n) is 5.62. The zero-order valence-electron chi connectivity index (χ0n) is 13.9. The molecule has 130 valence electrons. The van der Waals surface area contributed by atoms with Gasteiger partial charge in [-0.25, -0.2) is 0 Å². The van der Waals surface area contributed by atoms with Gasteiger partial charge < -0.3 is 19.9 Å². The van der Waals surface area contributed by atoms with Crippen LogP contribution in [0.15, 0.2) is 24.3 Å². The predicted molar refractivity (Wildman–Crippen MR) is 88.8 cm³/mol. The summed E-state index contributed by atoms with van der Waals surface area (Å²) in [4.78, 5) is 38.7. The maximum atomic E-state index is 12.5. The maximum Gasteiger partial charge on any atom is 0.253 e. The van der Waals surface area contributed by atoms with Crippen molar-refractivity contribution >= 4 is 18.2 Å². The highest BCUT2D eigenvalue weighted by Crippen LogP contribution is 2.11. The Morgan fingerprint density at radius 3 is 2.58 bits per heavy atom. The number of ether oxygens (including phenoxy) is 1. The molecule has 1 fully saturated rings. The van der Waals surface area contributed by atoms with Crippen LogP contribution in [0, 0.1) is 0 Å². The molecule has 7 nitrogen and oxygen atoms in total. The molecule has 0 unspecified atom stereocenters. The van der Waals surface area contributed by atoms with Crippen LogP contribution in [-0.4, -0.2) is 74.5 Å². The number of hydrogen-bond donors (Lipinski definition) is 1. The van der Waals surface area contributed by atoms with E-state index in [1.807, 2.05) is 0 Å². The largest absolute Gasteiger partial charge is 0.385 e. The molecule has 0 aromatic heterocycles. The number of hydrogen-bond acceptors (Lipinski definition) is 4. The molecule has 1 aromatic rings. The molecule has 24 heavy (non-hydrogen) atoms. The van der Waals surface area contributed by atoms with Crippen LogP contribution < -0.4 is 5.32 Å². The van der Waals surface area contributed by atoms with Crippen LogP contribution in [0.4, 0.5) is 0 Å². The van der Waals surface area contributed by atoms with E-state index in [1.165, 1.54) is 0 Å². The Hall–Kier alpha value is -2.41. The van der Waals surface area contributed by atoms with Gasteiger partial charge in [-0.1, -0.05) is 6.07 Å². The van der Waals surface area contributed by atoms with Crippen LogP contribution in [0.2, 0.25) is 0 Å². The molecule has 3 amide bonds. The Balaban J connectivity index is 1.95. The fourth-order valence-corrected chi connectivity index (χ4v) is 2.53. The number of rotatable bonds is 7. The van der Waals surface area contributed by atoms with Crippen molar-refractivity contribution in [3.05, 3.63) is 35.4 Å². The predicted octanol–water partition coefficient (Wildman–Crippen LogP) is 0.367. The highest BCUT2D eigenvalue weighted by atomic mass is 16.5. The number of carbonyl (C=O) groups excluding carboxylic acids is 3. The van der Waals surface area contributed by atoms with E-state index in [0.29, 0.717) is 50.5 Å². The Kier molecular flexibility index (Phi) is 6.74. The third kappa shape index (κ3) is 4.79. The minimum atomic E-state index is -0.202. The second kappa shape index (κ2) is 9.02. The molecular formula is C17H23N3O4. The van der Waals surface area contributed by atoms with Crippen molar-refractivity contribution in [3.63, 3.8) is 0 Å². The van der Waals surface area contributed by atoms with E-state index in [2.05, 4.69) is 5.32 Å². The lowest BCUT2D eigenvalue weighted by Gasteiger charge is -2.32. The van der Waals surface area contributed by atoms with E-state index in [1.54, 1.807) is 41.2 Å². The second-order valence-corrected chi connectivity index (χ2v) is 5.62. The molecule has 1 N–H and O–H groups in total. The zero-order chi connectivity index (χ0) is 17.4. The SMILES string of the molecule is COCCCNC(=O)c1cccc(C(=O)N2CCN(C=O)CC2)c1. The normalized spacial score (nSPS) is 14.4. The lowest BCUT2D eigenvalue weighted by atomic mass is 10.1. The van der Waals surface area contributed by atoms with Crippen LogP contribution in [0.5, 0.6) is 0 Å². The molecule has 0 aliphatic carbocycles. The maximum absolute atomic E-state index is 12.5. The fraction of sp³-hybridized carbons (Fsp3) is 0.471. The fourth-order valence-electron chi connectivity index (χ4n) is 2.53. The molecule has 1 heterocycles. The summed E-state index contributed by atoms with van der Waals surface area (Å²) in [6.07, 6.45) is 1.54. The number of nitrogens with zero attached hydrogens (tertiary/aromatic N) is 2. The molecule has 0 spiro atoms. The average molecular weight is 333 g/mol. The quantitative estimate of drug-likeness (QED) is 0.577. The van der Waals surface area contributed by atoms with Crippen molar-refractivity contribution in [1.82, 2.24) is 15.1 Å². The van der Waals surface area contributed by atoms with Crippen molar-refractivity contribution in [3.8, 4) is 0 Å². The monoisotopic (exact) mass is 333 g/mol. The summed E-state index contributed by atoms with van der Waals surface area (Å²) in [5.74, 6) is -0.318. The summed E-state index contributed by atoms with van der Waals surface area (Å²) in [5, 5.41) is 2.80. The van der Waals surface area contributed by atoms with Gasteiger partial charge in [0.25, 0.3) is 11.8 Å². The van der Waals surface area contributed by atoms with E-state index in [0.717, 1.165) is 12.8 Å². The van der Waals surface area contributed by atoms with E-state index in [4.69, 9.17) is 4.74 Å². The van der Waals surface area contributed by atoms with Crippen LogP contribution >= 0.6 is 0 Å². The average Bonchev–Trinajstić information content (AvgIpc) is 2.64. The van der Waals surface area contributed by atoms with Crippen molar-refractivity contribution in [2.45, 2.75) is 6.42 Å². The molecule has 7 heteroatoms. The van der Waals surface area contributed by atoms with Gasteiger partial charge in [0.05, 0.1) is 0 Å². The first-order valence-electron chi connectivity index (χ1n) is 8.01. The van der Waals surface area contributed by atoms with Gasteiger partial charge in [0.1, 0.15) is 0 Å². The van der Waals surface area contributed by atoms with Gasteiger partial charge in [-0.15, -0.1) is 0 Å². The molecule has 1 aromatic carbocycles. The Morgan fingerprint density at radius 1 is 1.21 bits per heavy atom. The van der Waals surface area contributed by atoms with E-state index < -0.39 is 0 Å². The Labute approximate surface area is 141 Å². The van der Waals surface area contributed by atoms with Gasteiger partial charge in [0, 0.05) is 57.6 Å². The van der Waals surface area contributed by atoms with Crippen molar-refractivity contribution in [2.24, 2.45) is 0 Å². The standard InChI is InChI=1S/C17H23N3O4/c1-24-11-3-6-18-16(22)14-4-2-5-15(12-14)17(23)20-9-7-19(13-21)8-10-20/h2,4-5,12-13H,3,6-11H2,1H3,(H,18,22). The summed E-state index contributed by atoms with van der Waals surface area (Å²) >= 11 is 0. The smallest absolute Gasteiger partial charge is 0.253 e. The van der Waals surface area contributed by atoms with Gasteiger partial charge >= 0.3 is 0 Å². The minimum Gasteiger partial charge on any atom is -0.385 e. The van der Waals surface area contributed by atoms with E-state index in [9.17, 15) is 14.4 Å². The molecule has 0 atom stereocenters. The molecule has 1 aliphatic heterocycles. The van der Waals surface area contributed by atoms with Crippen LogP contribution in [0.3, 0.4) is 0 Å². The van der Waals surface area contributed by atoms with Crippen LogP contribution in [0.1, 0.15) is 27.1 Å². The number of nitrogens with one attached hydrogen (secondary N) is 1. The molecule has 0 saturated carbocycles. The van der Waals surface area contributed by atoms with Crippen molar-refractivity contribution < 1.29 is 19.1 Å². The molecule has 0 radical (unpaired) electrons. The molecule has 1 aliphatic rings. The summed E-state index contributed by atoms with van der Waals surface area (Å²) in [5.41, 5.74) is 0.948. The number of benzene rings is 1. The topological polar surface area (TPSA) is 79.0 Å². The van der Waals surface area contributed by atoms with Crippen molar-refractivity contribution in [2.75, 3.05) is 46.4 Å². The number of piperazine rings is 1. The molecule has 0 bridgehead atoms. The Morgan fingerprint density at radius 2 is 1.92 bits per heavy atom. The van der Waals surface area contributed by atoms with E-state index in [-0.39, 0.29) is 11.8 Å². The van der Waals surface area contributed by atoms with Gasteiger partial charge in [0.15, 0.2) is 0 Å². The first-order valence-corrected chi connectivity index (χ1v) is 8.01. The highest BCUT2D eigenvalue weighted by molar-refractivity contribution is 5.99. The molecular weight excluding hydrogens is 310 g/mol. The summed E-state index contributed by atoms with van der Waals surface area (Å²) in [6, 6.07) is 6.71. The minimum absolute atomic E-state index is 0.116. The van der Waals surface area contributed by atoms with Gasteiger partial charge in [-0.2, -0.15) is 0 Å². The summed E-state index contributed by atoms with van der Waals surface area (Å²) in [6.45, 7) is 3.20. The van der Waals surface area contributed by atoms with Gasteiger partial charge in [-0.3, -0.25) is 14.4 Å². The van der Waals surface area contributed by atoms with E-state index >= 15 is 0 Å². The van der Waals surface area contributed by atoms with Crippen molar-refractivity contribution in [1.29, 1.82) is 0 Å². The Bertz CT molecular complexity index is 583. The number of methoxy groups -OCH3 is 1. The number of carbonyl (C=O) groups is 3. The van der Waals surface area contributed by atoms with Crippen LogP contribution in [0.25, 0.3) is 0 Å². The van der Waals surface area contributed by atoms with Gasteiger partial charge in [0.2, 0.25) is 6.41 Å². The molecule has 1 saturated heterocycles. The summed E-state index contributed by atoms with van der Waals surface area (Å²) < 4.78 is 4.94. The molecule has 2 rings (SSSR count).